The third-order valence-electron chi connectivity index (χ3n) is 3.88. The van der Waals surface area contributed by atoms with Gasteiger partial charge in [-0.05, 0) is 47.7 Å². The largest absolute Gasteiger partial charge is 0.324 e. The molecular formula is C20H15FN2OS. The number of rotatable bonds is 5. The molecule has 2 aromatic carbocycles. The number of benzene rings is 2. The molecule has 3 aromatic rings. The monoisotopic (exact) mass is 350 g/mol. The Bertz CT molecular complexity index is 898. The van der Waals surface area contributed by atoms with Crippen LogP contribution in [0.2, 0.25) is 0 Å². The van der Waals surface area contributed by atoms with Gasteiger partial charge in [0.05, 0.1) is 17.2 Å². The van der Waals surface area contributed by atoms with Crippen LogP contribution in [0.1, 0.15) is 21.9 Å². The standard InChI is InChI=1S/C20H15FN2OS/c21-16-9-7-14(8-10-16)18(12-17-5-3-11-25-17)20(24)23-19-6-2-1-4-15(19)13-22/h1-11,18H,12H2,(H,23,24). The summed E-state index contributed by atoms with van der Waals surface area (Å²) in [5.74, 6) is -1.03. The Labute approximate surface area is 149 Å². The molecule has 3 rings (SSSR count). The number of halogens is 1. The molecule has 3 nitrogen and oxygen atoms in total. The molecule has 0 saturated heterocycles. The quantitative estimate of drug-likeness (QED) is 0.723. The lowest BCUT2D eigenvalue weighted by Gasteiger charge is -2.17. The Kier molecular flexibility index (Phi) is 5.22. The van der Waals surface area contributed by atoms with Gasteiger partial charge in [-0.25, -0.2) is 4.39 Å². The summed E-state index contributed by atoms with van der Waals surface area (Å²) in [7, 11) is 0. The summed E-state index contributed by atoms with van der Waals surface area (Å²) >= 11 is 1.57. The van der Waals surface area contributed by atoms with Crippen molar-refractivity contribution in [2.45, 2.75) is 12.3 Å². The minimum Gasteiger partial charge on any atom is -0.324 e. The first kappa shape index (κ1) is 16.9. The maximum Gasteiger partial charge on any atom is 0.232 e. The summed E-state index contributed by atoms with van der Waals surface area (Å²) in [4.78, 5) is 14.0. The summed E-state index contributed by atoms with van der Waals surface area (Å²) < 4.78 is 13.2. The average Bonchev–Trinajstić information content (AvgIpc) is 3.14. The minimum atomic E-state index is -0.467. The zero-order valence-corrected chi connectivity index (χ0v) is 14.1. The fraction of sp³-hybridized carbons (Fsp3) is 0.100. The number of hydrogen-bond donors (Lipinski definition) is 1. The molecule has 0 spiro atoms. The van der Waals surface area contributed by atoms with E-state index in [0.717, 1.165) is 10.4 Å². The minimum absolute atomic E-state index is 0.220. The van der Waals surface area contributed by atoms with E-state index in [9.17, 15) is 14.4 Å². The molecule has 5 heteroatoms. The fourth-order valence-electron chi connectivity index (χ4n) is 2.60. The first-order valence-corrected chi connectivity index (χ1v) is 8.63. The van der Waals surface area contributed by atoms with E-state index in [2.05, 4.69) is 11.4 Å². The van der Waals surface area contributed by atoms with Crippen LogP contribution >= 0.6 is 11.3 Å². The molecular weight excluding hydrogens is 335 g/mol. The first-order valence-electron chi connectivity index (χ1n) is 7.75. The number of thiophene rings is 1. The number of nitrogens with zero attached hydrogens (tertiary/aromatic N) is 1. The molecule has 0 fully saturated rings. The van der Waals surface area contributed by atoms with E-state index in [0.29, 0.717) is 17.7 Å². The van der Waals surface area contributed by atoms with Crippen molar-refractivity contribution >= 4 is 22.9 Å². The van der Waals surface area contributed by atoms with Gasteiger partial charge < -0.3 is 5.32 Å². The van der Waals surface area contributed by atoms with E-state index >= 15 is 0 Å². The zero-order valence-electron chi connectivity index (χ0n) is 13.3. The summed E-state index contributed by atoms with van der Waals surface area (Å²) in [6.45, 7) is 0. The number of carbonyl (C=O) groups is 1. The Balaban J connectivity index is 1.89. The van der Waals surface area contributed by atoms with Crippen molar-refractivity contribution in [1.29, 1.82) is 5.26 Å². The Morgan fingerprint density at radius 1 is 1.12 bits per heavy atom. The van der Waals surface area contributed by atoms with Gasteiger partial charge in [-0.1, -0.05) is 30.3 Å². The highest BCUT2D eigenvalue weighted by Crippen LogP contribution is 2.26. The van der Waals surface area contributed by atoms with Crippen LogP contribution in [-0.2, 0) is 11.2 Å². The summed E-state index contributed by atoms with van der Waals surface area (Å²) in [5.41, 5.74) is 1.62. The second-order valence-corrected chi connectivity index (χ2v) is 6.57. The van der Waals surface area contributed by atoms with Crippen LogP contribution < -0.4 is 5.32 Å². The van der Waals surface area contributed by atoms with Crippen LogP contribution in [0.3, 0.4) is 0 Å². The van der Waals surface area contributed by atoms with Gasteiger partial charge in [-0.2, -0.15) is 5.26 Å². The summed E-state index contributed by atoms with van der Waals surface area (Å²) in [5, 5.41) is 14.0. The molecule has 1 atom stereocenters. The number of para-hydroxylation sites is 1. The highest BCUT2D eigenvalue weighted by Gasteiger charge is 2.22. The summed E-state index contributed by atoms with van der Waals surface area (Å²) in [6, 6.07) is 18.8. The summed E-state index contributed by atoms with van der Waals surface area (Å²) in [6.07, 6.45) is 0.518. The first-order chi connectivity index (χ1) is 12.2. The molecule has 1 aromatic heterocycles. The maximum atomic E-state index is 13.2. The third kappa shape index (κ3) is 4.11. The molecule has 0 aliphatic carbocycles. The van der Waals surface area contributed by atoms with Crippen LogP contribution in [0.5, 0.6) is 0 Å². The number of carbonyl (C=O) groups excluding carboxylic acids is 1. The maximum absolute atomic E-state index is 13.2. The molecule has 25 heavy (non-hydrogen) atoms. The van der Waals surface area contributed by atoms with Crippen molar-refractivity contribution in [3.05, 3.63) is 87.9 Å². The molecule has 124 valence electrons. The Morgan fingerprint density at radius 2 is 1.88 bits per heavy atom. The number of amides is 1. The van der Waals surface area contributed by atoms with Crippen molar-refractivity contribution in [3.63, 3.8) is 0 Å². The lowest BCUT2D eigenvalue weighted by molar-refractivity contribution is -0.117. The molecule has 0 saturated carbocycles. The van der Waals surface area contributed by atoms with E-state index in [1.165, 1.54) is 12.1 Å². The smallest absolute Gasteiger partial charge is 0.232 e. The molecule has 0 radical (unpaired) electrons. The molecule has 1 unspecified atom stereocenters. The van der Waals surface area contributed by atoms with Crippen molar-refractivity contribution in [1.82, 2.24) is 0 Å². The second kappa shape index (κ2) is 7.73. The van der Waals surface area contributed by atoms with E-state index < -0.39 is 5.92 Å². The molecule has 1 heterocycles. The lowest BCUT2D eigenvalue weighted by atomic mass is 9.93. The van der Waals surface area contributed by atoms with Crippen molar-refractivity contribution < 1.29 is 9.18 Å². The normalized spacial score (nSPS) is 11.5. The van der Waals surface area contributed by atoms with Gasteiger partial charge >= 0.3 is 0 Å². The predicted octanol–water partition coefficient (Wildman–Crippen LogP) is 4.72. The van der Waals surface area contributed by atoms with E-state index in [-0.39, 0.29) is 11.7 Å². The highest BCUT2D eigenvalue weighted by atomic mass is 32.1. The molecule has 1 amide bonds. The van der Waals surface area contributed by atoms with Gasteiger partial charge in [0.25, 0.3) is 0 Å². The van der Waals surface area contributed by atoms with Crippen LogP contribution in [-0.4, -0.2) is 5.91 Å². The van der Waals surface area contributed by atoms with Crippen molar-refractivity contribution in [3.8, 4) is 6.07 Å². The second-order valence-electron chi connectivity index (χ2n) is 5.53. The number of hydrogen-bond acceptors (Lipinski definition) is 3. The fourth-order valence-corrected chi connectivity index (χ4v) is 3.35. The van der Waals surface area contributed by atoms with Crippen LogP contribution in [0.25, 0.3) is 0 Å². The van der Waals surface area contributed by atoms with Gasteiger partial charge in [-0.15, -0.1) is 11.3 Å². The number of nitrogens with one attached hydrogen (secondary N) is 1. The molecule has 0 bridgehead atoms. The Hall–Kier alpha value is -2.97. The number of nitriles is 1. The van der Waals surface area contributed by atoms with Crippen molar-refractivity contribution in [2.24, 2.45) is 0 Å². The third-order valence-corrected chi connectivity index (χ3v) is 4.78. The predicted molar refractivity (Wildman–Crippen MR) is 97.0 cm³/mol. The topological polar surface area (TPSA) is 52.9 Å². The van der Waals surface area contributed by atoms with Gasteiger partial charge in [-0.3, -0.25) is 4.79 Å². The number of anilines is 1. The van der Waals surface area contributed by atoms with Gasteiger partial charge in [0.2, 0.25) is 5.91 Å². The van der Waals surface area contributed by atoms with Gasteiger partial charge in [0.15, 0.2) is 0 Å². The van der Waals surface area contributed by atoms with E-state index in [1.807, 2.05) is 17.5 Å². The highest BCUT2D eigenvalue weighted by molar-refractivity contribution is 7.09. The SMILES string of the molecule is N#Cc1ccccc1NC(=O)C(Cc1cccs1)c1ccc(F)cc1. The van der Waals surface area contributed by atoms with Crippen LogP contribution in [0.15, 0.2) is 66.0 Å². The van der Waals surface area contributed by atoms with Crippen LogP contribution in [0, 0.1) is 17.1 Å². The van der Waals surface area contributed by atoms with E-state index in [4.69, 9.17) is 0 Å². The average molecular weight is 350 g/mol. The van der Waals surface area contributed by atoms with Gasteiger partial charge in [0, 0.05) is 4.88 Å². The molecule has 0 aliphatic heterocycles. The van der Waals surface area contributed by atoms with Crippen molar-refractivity contribution in [2.75, 3.05) is 5.32 Å². The van der Waals surface area contributed by atoms with E-state index in [1.54, 1.807) is 47.7 Å². The molecule has 0 aliphatic rings. The molecule has 1 N–H and O–H groups in total. The zero-order chi connectivity index (χ0) is 17.6. The Morgan fingerprint density at radius 3 is 2.56 bits per heavy atom. The lowest BCUT2D eigenvalue weighted by Crippen LogP contribution is -2.23. The van der Waals surface area contributed by atoms with Gasteiger partial charge in [0.1, 0.15) is 11.9 Å². The van der Waals surface area contributed by atoms with Crippen LogP contribution in [0.4, 0.5) is 10.1 Å².